The fourth-order valence-electron chi connectivity index (χ4n) is 1.67. The van der Waals surface area contributed by atoms with E-state index in [-0.39, 0.29) is 24.2 Å². The number of nitro groups is 1. The molecule has 1 atom stereocenters. The Bertz CT molecular complexity index is 615. The normalized spacial score (nSPS) is 12.1. The first kappa shape index (κ1) is 14.9. The van der Waals surface area contributed by atoms with E-state index in [0.717, 1.165) is 0 Å². The molecule has 21 heavy (non-hydrogen) atoms. The average Bonchev–Trinajstić information content (AvgIpc) is 2.94. The van der Waals surface area contributed by atoms with Gasteiger partial charge in [-0.1, -0.05) is 5.16 Å². The highest BCUT2D eigenvalue weighted by Crippen LogP contribution is 2.21. The zero-order valence-corrected chi connectivity index (χ0v) is 11.6. The molecular weight excluding hydrogens is 278 g/mol. The van der Waals surface area contributed by atoms with Crippen LogP contribution in [-0.2, 0) is 11.3 Å². The van der Waals surface area contributed by atoms with Gasteiger partial charge in [-0.25, -0.2) is 4.98 Å². The fraction of sp³-hybridized carbons (Fsp3) is 0.417. The Balaban J connectivity index is 2.02. The van der Waals surface area contributed by atoms with Crippen molar-refractivity contribution >= 4 is 11.5 Å². The number of nitrogens with one attached hydrogen (secondary N) is 1. The predicted octanol–water partition coefficient (Wildman–Crippen LogP) is 2.08. The zero-order chi connectivity index (χ0) is 15.2. The van der Waals surface area contributed by atoms with Gasteiger partial charge in [0.05, 0.1) is 11.5 Å². The van der Waals surface area contributed by atoms with Gasteiger partial charge >= 0.3 is 5.69 Å². The van der Waals surface area contributed by atoms with Gasteiger partial charge in [0.15, 0.2) is 5.82 Å². The van der Waals surface area contributed by atoms with Crippen molar-refractivity contribution in [2.75, 3.05) is 11.9 Å². The van der Waals surface area contributed by atoms with Crippen molar-refractivity contribution < 1.29 is 14.2 Å². The van der Waals surface area contributed by atoms with Crippen molar-refractivity contribution in [3.05, 3.63) is 40.2 Å². The molecular formula is C12H15N5O4. The van der Waals surface area contributed by atoms with Gasteiger partial charge < -0.3 is 14.6 Å². The van der Waals surface area contributed by atoms with Crippen LogP contribution in [0.3, 0.4) is 0 Å². The molecule has 0 amide bonds. The van der Waals surface area contributed by atoms with Crippen molar-refractivity contribution in [3.8, 4) is 0 Å². The van der Waals surface area contributed by atoms with Gasteiger partial charge in [0, 0.05) is 18.9 Å². The Kier molecular flexibility index (Phi) is 4.77. The molecule has 112 valence electrons. The maximum Gasteiger partial charge on any atom is 0.311 e. The minimum atomic E-state index is -0.508. The monoisotopic (exact) mass is 293 g/mol. The summed E-state index contributed by atoms with van der Waals surface area (Å²) in [6.07, 6.45) is 1.20. The molecule has 0 aliphatic rings. The van der Waals surface area contributed by atoms with Crippen molar-refractivity contribution in [3.63, 3.8) is 0 Å². The zero-order valence-electron chi connectivity index (χ0n) is 11.6. The quantitative estimate of drug-likeness (QED) is 0.609. The number of nitrogens with zero attached hydrogens (tertiary/aromatic N) is 4. The molecule has 2 aromatic heterocycles. The lowest BCUT2D eigenvalue weighted by Gasteiger charge is -2.05. The highest BCUT2D eigenvalue weighted by atomic mass is 16.6. The third kappa shape index (κ3) is 3.72. The largest absolute Gasteiger partial charge is 0.371 e. The van der Waals surface area contributed by atoms with Crippen LogP contribution >= 0.6 is 0 Å². The SMILES string of the molecule is CCOC(C)c1noc(CNc2ncccc2[N+](=O)[O-])n1. The van der Waals surface area contributed by atoms with Crippen LogP contribution in [0.1, 0.15) is 31.7 Å². The van der Waals surface area contributed by atoms with Gasteiger partial charge in [0.25, 0.3) is 0 Å². The fourth-order valence-corrected chi connectivity index (χ4v) is 1.67. The van der Waals surface area contributed by atoms with Gasteiger partial charge in [-0.05, 0) is 19.9 Å². The van der Waals surface area contributed by atoms with Crippen LogP contribution in [0.15, 0.2) is 22.9 Å². The summed E-state index contributed by atoms with van der Waals surface area (Å²) in [5, 5.41) is 17.5. The summed E-state index contributed by atoms with van der Waals surface area (Å²) in [5.41, 5.74) is -0.111. The van der Waals surface area contributed by atoms with Crippen LogP contribution in [0.25, 0.3) is 0 Å². The van der Waals surface area contributed by atoms with E-state index in [0.29, 0.717) is 18.3 Å². The predicted molar refractivity (Wildman–Crippen MR) is 72.6 cm³/mol. The van der Waals surface area contributed by atoms with E-state index in [4.69, 9.17) is 9.26 Å². The first-order valence-electron chi connectivity index (χ1n) is 6.39. The number of ether oxygens (including phenoxy) is 1. The molecule has 2 heterocycles. The lowest BCUT2D eigenvalue weighted by Crippen LogP contribution is -2.05. The molecule has 0 aliphatic heterocycles. The van der Waals surface area contributed by atoms with Crippen LogP contribution in [-0.4, -0.2) is 26.7 Å². The molecule has 0 saturated heterocycles. The van der Waals surface area contributed by atoms with E-state index in [1.165, 1.54) is 18.3 Å². The third-order valence-corrected chi connectivity index (χ3v) is 2.65. The van der Waals surface area contributed by atoms with Gasteiger partial charge in [0.1, 0.15) is 6.10 Å². The molecule has 2 aromatic rings. The summed E-state index contributed by atoms with van der Waals surface area (Å²) in [5.74, 6) is 0.890. The van der Waals surface area contributed by atoms with Gasteiger partial charge in [0.2, 0.25) is 11.7 Å². The van der Waals surface area contributed by atoms with Crippen LogP contribution in [0.2, 0.25) is 0 Å². The van der Waals surface area contributed by atoms with Crippen LogP contribution in [0.4, 0.5) is 11.5 Å². The third-order valence-electron chi connectivity index (χ3n) is 2.65. The average molecular weight is 293 g/mol. The molecule has 0 saturated carbocycles. The second-order valence-corrected chi connectivity index (χ2v) is 4.13. The smallest absolute Gasteiger partial charge is 0.311 e. The lowest BCUT2D eigenvalue weighted by molar-refractivity contribution is -0.384. The topological polar surface area (TPSA) is 116 Å². The highest BCUT2D eigenvalue weighted by molar-refractivity contribution is 5.54. The van der Waals surface area contributed by atoms with Crippen molar-refractivity contribution in [1.82, 2.24) is 15.1 Å². The minimum Gasteiger partial charge on any atom is -0.371 e. The summed E-state index contributed by atoms with van der Waals surface area (Å²) < 4.78 is 10.4. The van der Waals surface area contributed by atoms with Crippen molar-refractivity contribution in [2.45, 2.75) is 26.5 Å². The number of hydrogen-bond acceptors (Lipinski definition) is 8. The van der Waals surface area contributed by atoms with E-state index in [9.17, 15) is 10.1 Å². The number of anilines is 1. The van der Waals surface area contributed by atoms with Crippen LogP contribution in [0.5, 0.6) is 0 Å². The molecule has 0 radical (unpaired) electrons. The Morgan fingerprint density at radius 1 is 1.57 bits per heavy atom. The van der Waals surface area contributed by atoms with Crippen LogP contribution in [0, 0.1) is 10.1 Å². The van der Waals surface area contributed by atoms with E-state index >= 15 is 0 Å². The summed E-state index contributed by atoms with van der Waals surface area (Å²) in [6, 6.07) is 2.86. The molecule has 0 spiro atoms. The molecule has 2 rings (SSSR count). The number of rotatable bonds is 7. The summed E-state index contributed by atoms with van der Waals surface area (Å²) in [6.45, 7) is 4.38. The van der Waals surface area contributed by atoms with Crippen LogP contribution < -0.4 is 5.32 Å². The molecule has 9 heteroatoms. The maximum absolute atomic E-state index is 10.9. The number of aromatic nitrogens is 3. The Hall–Kier alpha value is -2.55. The van der Waals surface area contributed by atoms with Gasteiger partial charge in [-0.3, -0.25) is 10.1 Å². The van der Waals surface area contributed by atoms with Gasteiger partial charge in [-0.2, -0.15) is 4.98 Å². The second kappa shape index (κ2) is 6.75. The number of hydrogen-bond donors (Lipinski definition) is 1. The summed E-state index contributed by atoms with van der Waals surface area (Å²) >= 11 is 0. The second-order valence-electron chi connectivity index (χ2n) is 4.13. The van der Waals surface area contributed by atoms with Gasteiger partial charge in [-0.15, -0.1) is 0 Å². The van der Waals surface area contributed by atoms with E-state index < -0.39 is 4.92 Å². The number of pyridine rings is 1. The highest BCUT2D eigenvalue weighted by Gasteiger charge is 2.16. The Morgan fingerprint density at radius 2 is 2.38 bits per heavy atom. The van der Waals surface area contributed by atoms with E-state index in [2.05, 4.69) is 20.4 Å². The van der Waals surface area contributed by atoms with Crippen molar-refractivity contribution in [1.29, 1.82) is 0 Å². The molecule has 0 aromatic carbocycles. The van der Waals surface area contributed by atoms with E-state index in [1.54, 1.807) is 0 Å². The molecule has 1 unspecified atom stereocenters. The molecule has 0 fully saturated rings. The Morgan fingerprint density at radius 3 is 3.10 bits per heavy atom. The summed E-state index contributed by atoms with van der Waals surface area (Å²) in [7, 11) is 0. The Labute approximate surface area is 120 Å². The molecule has 1 N–H and O–H groups in total. The minimum absolute atomic E-state index is 0.111. The first-order valence-corrected chi connectivity index (χ1v) is 6.39. The molecule has 0 aliphatic carbocycles. The first-order chi connectivity index (χ1) is 10.1. The van der Waals surface area contributed by atoms with Crippen molar-refractivity contribution in [2.24, 2.45) is 0 Å². The standard InChI is InChI=1S/C12H15N5O4/c1-3-20-8(2)11-15-10(21-16-11)7-14-12-9(17(18)19)5-4-6-13-12/h4-6,8H,3,7H2,1-2H3,(H,13,14). The molecule has 9 nitrogen and oxygen atoms in total. The van der Waals surface area contributed by atoms with E-state index in [1.807, 2.05) is 13.8 Å². The summed E-state index contributed by atoms with van der Waals surface area (Å²) in [4.78, 5) is 18.4. The maximum atomic E-state index is 10.9. The lowest BCUT2D eigenvalue weighted by atomic mass is 10.4. The molecule has 0 bridgehead atoms.